The van der Waals surface area contributed by atoms with Crippen molar-refractivity contribution >= 4 is 10.0 Å². The fourth-order valence-electron chi connectivity index (χ4n) is 3.89. The molecule has 1 atom stereocenters. The van der Waals surface area contributed by atoms with Crippen LogP contribution in [0.15, 0.2) is 35.4 Å². The summed E-state index contributed by atoms with van der Waals surface area (Å²) >= 11 is 0. The summed E-state index contributed by atoms with van der Waals surface area (Å²) in [6, 6.07) is 8.21. The second-order valence-electron chi connectivity index (χ2n) is 7.65. The summed E-state index contributed by atoms with van der Waals surface area (Å²) in [5.74, 6) is 2.04. The van der Waals surface area contributed by atoms with Crippen molar-refractivity contribution in [2.45, 2.75) is 50.0 Å². The number of hydrogen-bond donors (Lipinski definition) is 0. The summed E-state index contributed by atoms with van der Waals surface area (Å²) < 4.78 is 29.9. The number of nitrogens with zero attached hydrogens (tertiary/aromatic N) is 4. The molecule has 142 valence electrons. The van der Waals surface area contributed by atoms with E-state index in [9.17, 15) is 8.42 Å². The minimum absolute atomic E-state index is 0.264. The first-order chi connectivity index (χ1) is 13.0. The molecule has 27 heavy (non-hydrogen) atoms. The van der Waals surface area contributed by atoms with Gasteiger partial charge in [-0.15, -0.1) is 0 Å². The minimum atomic E-state index is -3.52. The molecule has 1 aliphatic carbocycles. The fourth-order valence-corrected chi connectivity index (χ4v) is 5.44. The number of nitriles is 1. The van der Waals surface area contributed by atoms with Gasteiger partial charge in [0.1, 0.15) is 5.82 Å². The number of sulfonamides is 1. The maximum absolute atomic E-state index is 13.0. The van der Waals surface area contributed by atoms with E-state index in [-0.39, 0.29) is 10.8 Å². The van der Waals surface area contributed by atoms with E-state index in [1.54, 1.807) is 16.4 Å². The molecule has 0 N–H and O–H groups in total. The zero-order chi connectivity index (χ0) is 19.0. The standard InChI is InChI=1S/C20H24N4O2S/c1-15-12-22-20(18-6-7-18)24(15)14-17-3-2-10-23(13-17)27(25,26)19-8-4-16(11-21)5-9-19/h4-5,8-9,12,17-18H,2-3,6-7,10,13-14H2,1H3. The highest BCUT2D eigenvalue weighted by molar-refractivity contribution is 7.89. The zero-order valence-corrected chi connectivity index (χ0v) is 16.3. The van der Waals surface area contributed by atoms with Crippen molar-refractivity contribution in [2.24, 2.45) is 5.92 Å². The van der Waals surface area contributed by atoms with Crippen LogP contribution in [-0.4, -0.2) is 35.4 Å². The Morgan fingerprint density at radius 3 is 2.63 bits per heavy atom. The maximum atomic E-state index is 13.0. The van der Waals surface area contributed by atoms with Gasteiger partial charge >= 0.3 is 0 Å². The van der Waals surface area contributed by atoms with Gasteiger partial charge in [-0.3, -0.25) is 0 Å². The largest absolute Gasteiger partial charge is 0.332 e. The highest BCUT2D eigenvalue weighted by atomic mass is 32.2. The first kappa shape index (κ1) is 18.2. The Balaban J connectivity index is 1.51. The van der Waals surface area contributed by atoms with Crippen LogP contribution in [0.3, 0.4) is 0 Å². The summed E-state index contributed by atoms with van der Waals surface area (Å²) in [4.78, 5) is 4.84. The summed E-state index contributed by atoms with van der Waals surface area (Å²) in [7, 11) is -3.52. The molecule has 1 unspecified atom stereocenters. The Morgan fingerprint density at radius 2 is 1.96 bits per heavy atom. The third-order valence-electron chi connectivity index (χ3n) is 5.57. The molecule has 2 aliphatic rings. The van der Waals surface area contributed by atoms with Crippen LogP contribution in [0.5, 0.6) is 0 Å². The lowest BCUT2D eigenvalue weighted by Crippen LogP contribution is -2.41. The van der Waals surface area contributed by atoms with E-state index in [2.05, 4.69) is 16.5 Å². The van der Waals surface area contributed by atoms with Gasteiger partial charge in [-0.1, -0.05) is 0 Å². The number of aromatic nitrogens is 2. The average Bonchev–Trinajstić information content (AvgIpc) is 3.47. The normalized spacial score (nSPS) is 21.1. The molecule has 1 aromatic carbocycles. The molecule has 0 bridgehead atoms. The van der Waals surface area contributed by atoms with E-state index in [1.165, 1.54) is 30.8 Å². The summed E-state index contributed by atoms with van der Waals surface area (Å²) in [6.45, 7) is 3.99. The van der Waals surface area contributed by atoms with Crippen molar-refractivity contribution in [3.05, 3.63) is 47.5 Å². The highest BCUT2D eigenvalue weighted by Crippen LogP contribution is 2.40. The molecule has 1 aliphatic heterocycles. The Bertz CT molecular complexity index is 968. The molecule has 0 radical (unpaired) electrons. The minimum Gasteiger partial charge on any atom is -0.332 e. The average molecular weight is 385 g/mol. The van der Waals surface area contributed by atoms with Gasteiger partial charge in [-0.25, -0.2) is 13.4 Å². The highest BCUT2D eigenvalue weighted by Gasteiger charge is 2.33. The van der Waals surface area contributed by atoms with E-state index in [0.717, 1.165) is 25.1 Å². The smallest absolute Gasteiger partial charge is 0.243 e. The second-order valence-corrected chi connectivity index (χ2v) is 9.59. The predicted octanol–water partition coefficient (Wildman–Crippen LogP) is 3.04. The summed E-state index contributed by atoms with van der Waals surface area (Å²) in [5.41, 5.74) is 1.62. The molecule has 1 aromatic heterocycles. The molecular weight excluding hydrogens is 360 g/mol. The van der Waals surface area contributed by atoms with Crippen molar-refractivity contribution in [1.82, 2.24) is 13.9 Å². The van der Waals surface area contributed by atoms with Crippen LogP contribution < -0.4 is 0 Å². The monoisotopic (exact) mass is 384 g/mol. The lowest BCUT2D eigenvalue weighted by atomic mass is 9.99. The van der Waals surface area contributed by atoms with E-state index < -0.39 is 10.0 Å². The van der Waals surface area contributed by atoms with Crippen molar-refractivity contribution < 1.29 is 8.42 Å². The van der Waals surface area contributed by atoms with Crippen LogP contribution in [0.2, 0.25) is 0 Å². The first-order valence-corrected chi connectivity index (χ1v) is 11.0. The zero-order valence-electron chi connectivity index (χ0n) is 15.5. The number of hydrogen-bond acceptors (Lipinski definition) is 4. The number of aryl methyl sites for hydroxylation is 1. The van der Waals surface area contributed by atoms with E-state index in [4.69, 9.17) is 5.26 Å². The van der Waals surface area contributed by atoms with Crippen molar-refractivity contribution in [1.29, 1.82) is 5.26 Å². The third kappa shape index (κ3) is 3.64. The molecule has 0 spiro atoms. The van der Waals surface area contributed by atoms with Gasteiger partial charge in [0.15, 0.2) is 0 Å². The SMILES string of the molecule is Cc1cnc(C2CC2)n1CC1CCCN(S(=O)(=O)c2ccc(C#N)cc2)C1. The topological polar surface area (TPSA) is 79.0 Å². The molecule has 0 amide bonds. The molecule has 2 heterocycles. The van der Waals surface area contributed by atoms with Crippen molar-refractivity contribution in [2.75, 3.05) is 13.1 Å². The molecule has 7 heteroatoms. The lowest BCUT2D eigenvalue weighted by Gasteiger charge is -2.32. The van der Waals surface area contributed by atoms with Crippen LogP contribution in [0.4, 0.5) is 0 Å². The fraction of sp³-hybridized carbons (Fsp3) is 0.500. The van der Waals surface area contributed by atoms with E-state index >= 15 is 0 Å². The Labute approximate surface area is 160 Å². The first-order valence-electron chi connectivity index (χ1n) is 9.51. The predicted molar refractivity (Wildman–Crippen MR) is 102 cm³/mol. The van der Waals surface area contributed by atoms with Crippen LogP contribution >= 0.6 is 0 Å². The van der Waals surface area contributed by atoms with E-state index in [0.29, 0.717) is 24.6 Å². The van der Waals surface area contributed by atoms with Gasteiger partial charge < -0.3 is 4.57 Å². The number of benzene rings is 1. The van der Waals surface area contributed by atoms with Crippen molar-refractivity contribution in [3.8, 4) is 6.07 Å². The van der Waals surface area contributed by atoms with Crippen LogP contribution in [0.1, 0.15) is 48.7 Å². The molecule has 4 rings (SSSR count). The van der Waals surface area contributed by atoms with Gasteiger partial charge in [0.25, 0.3) is 0 Å². The van der Waals surface area contributed by atoms with Gasteiger partial charge in [0, 0.05) is 37.4 Å². The Hall–Kier alpha value is -2.17. The Kier molecular flexibility index (Phi) is 4.79. The van der Waals surface area contributed by atoms with Gasteiger partial charge in [-0.2, -0.15) is 9.57 Å². The van der Waals surface area contributed by atoms with Crippen LogP contribution in [0.25, 0.3) is 0 Å². The maximum Gasteiger partial charge on any atom is 0.243 e. The molecule has 2 fully saturated rings. The lowest BCUT2D eigenvalue weighted by molar-refractivity contribution is 0.243. The third-order valence-corrected chi connectivity index (χ3v) is 7.45. The van der Waals surface area contributed by atoms with Gasteiger partial charge in [0.2, 0.25) is 10.0 Å². The number of rotatable bonds is 5. The number of imidazole rings is 1. The molecular formula is C20H24N4O2S. The van der Waals surface area contributed by atoms with Crippen LogP contribution in [0, 0.1) is 24.2 Å². The number of piperidine rings is 1. The van der Waals surface area contributed by atoms with Crippen LogP contribution in [-0.2, 0) is 16.6 Å². The quantitative estimate of drug-likeness (QED) is 0.794. The molecule has 1 saturated carbocycles. The van der Waals surface area contributed by atoms with Gasteiger partial charge in [-0.05, 0) is 62.8 Å². The summed E-state index contributed by atoms with van der Waals surface area (Å²) in [6.07, 6.45) is 6.25. The van der Waals surface area contributed by atoms with E-state index in [1.807, 2.05) is 12.3 Å². The molecule has 2 aromatic rings. The molecule has 1 saturated heterocycles. The summed E-state index contributed by atoms with van der Waals surface area (Å²) in [5, 5.41) is 8.91. The van der Waals surface area contributed by atoms with Crippen molar-refractivity contribution in [3.63, 3.8) is 0 Å². The Morgan fingerprint density at radius 1 is 1.22 bits per heavy atom. The molecule has 6 nitrogen and oxygen atoms in total. The second kappa shape index (κ2) is 7.10. The van der Waals surface area contributed by atoms with Gasteiger partial charge in [0.05, 0.1) is 16.5 Å².